The van der Waals surface area contributed by atoms with Crippen LogP contribution in [0.4, 0.5) is 0 Å². The Labute approximate surface area is 85.7 Å². The number of nitrogens with zero attached hydrogens (tertiary/aromatic N) is 1. The molecule has 0 aliphatic heterocycles. The molecular formula is C8H12N2O3S. The average molecular weight is 216 g/mol. The number of methoxy groups -OCH3 is 1. The SMILES string of the molecule is COCCNC(C(=O)O)c1cncs1. The van der Waals surface area contributed by atoms with Crippen molar-refractivity contribution in [3.63, 3.8) is 0 Å². The van der Waals surface area contributed by atoms with Gasteiger partial charge in [0.2, 0.25) is 0 Å². The van der Waals surface area contributed by atoms with Crippen LogP contribution in [0.1, 0.15) is 10.9 Å². The average Bonchev–Trinajstić information content (AvgIpc) is 2.64. The van der Waals surface area contributed by atoms with E-state index in [0.717, 1.165) is 0 Å². The minimum atomic E-state index is -0.898. The number of carboxylic acid groups (broad SMARTS) is 1. The number of aromatic nitrogens is 1. The van der Waals surface area contributed by atoms with Crippen LogP contribution in [0, 0.1) is 0 Å². The largest absolute Gasteiger partial charge is 0.480 e. The molecule has 0 radical (unpaired) electrons. The van der Waals surface area contributed by atoms with E-state index in [4.69, 9.17) is 9.84 Å². The Balaban J connectivity index is 2.52. The minimum absolute atomic E-state index is 0.489. The molecule has 1 aromatic rings. The highest BCUT2D eigenvalue weighted by Crippen LogP contribution is 2.16. The van der Waals surface area contributed by atoms with E-state index in [0.29, 0.717) is 18.0 Å². The van der Waals surface area contributed by atoms with E-state index >= 15 is 0 Å². The molecule has 0 bridgehead atoms. The van der Waals surface area contributed by atoms with Crippen LogP contribution in [-0.2, 0) is 9.53 Å². The van der Waals surface area contributed by atoms with Gasteiger partial charge in [-0.2, -0.15) is 0 Å². The highest BCUT2D eigenvalue weighted by Gasteiger charge is 2.19. The Morgan fingerprint density at radius 2 is 2.64 bits per heavy atom. The zero-order valence-electron chi connectivity index (χ0n) is 7.77. The lowest BCUT2D eigenvalue weighted by atomic mass is 10.2. The number of rotatable bonds is 6. The van der Waals surface area contributed by atoms with Gasteiger partial charge in [-0.05, 0) is 0 Å². The second-order valence-corrected chi connectivity index (χ2v) is 3.54. The van der Waals surface area contributed by atoms with Crippen molar-refractivity contribution in [1.29, 1.82) is 0 Å². The lowest BCUT2D eigenvalue weighted by Crippen LogP contribution is -2.30. The molecule has 1 aromatic heterocycles. The van der Waals surface area contributed by atoms with Gasteiger partial charge in [0.1, 0.15) is 6.04 Å². The number of thiazole rings is 1. The fourth-order valence-corrected chi connectivity index (χ4v) is 1.67. The Hall–Kier alpha value is -0.980. The Morgan fingerprint density at radius 1 is 1.86 bits per heavy atom. The summed E-state index contributed by atoms with van der Waals surface area (Å²) in [5.41, 5.74) is 1.61. The van der Waals surface area contributed by atoms with Crippen molar-refractivity contribution in [3.8, 4) is 0 Å². The van der Waals surface area contributed by atoms with Gasteiger partial charge >= 0.3 is 5.97 Å². The molecule has 0 fully saturated rings. The summed E-state index contributed by atoms with van der Waals surface area (Å²) in [6.07, 6.45) is 1.56. The molecule has 0 aliphatic rings. The molecule has 1 rings (SSSR count). The maximum atomic E-state index is 10.9. The first-order valence-electron chi connectivity index (χ1n) is 4.09. The van der Waals surface area contributed by atoms with Gasteiger partial charge in [0, 0.05) is 19.9 Å². The molecule has 0 aliphatic carbocycles. The van der Waals surface area contributed by atoms with Gasteiger partial charge in [0.05, 0.1) is 17.0 Å². The maximum Gasteiger partial charge on any atom is 0.326 e. The minimum Gasteiger partial charge on any atom is -0.480 e. The molecule has 0 spiro atoms. The molecule has 1 atom stereocenters. The summed E-state index contributed by atoms with van der Waals surface area (Å²) in [6.45, 7) is 0.994. The zero-order valence-corrected chi connectivity index (χ0v) is 8.58. The third-order valence-corrected chi connectivity index (χ3v) is 2.48. The summed E-state index contributed by atoms with van der Waals surface area (Å²) in [7, 11) is 1.57. The van der Waals surface area contributed by atoms with Gasteiger partial charge in [-0.3, -0.25) is 15.1 Å². The number of hydrogen-bond acceptors (Lipinski definition) is 5. The standard InChI is InChI=1S/C8H12N2O3S/c1-13-3-2-10-7(8(11)12)6-4-9-5-14-6/h4-5,7,10H,2-3H2,1H3,(H,11,12). The van der Waals surface area contributed by atoms with Crippen molar-refractivity contribution in [2.24, 2.45) is 0 Å². The van der Waals surface area contributed by atoms with Gasteiger partial charge < -0.3 is 9.84 Å². The fourth-order valence-electron chi connectivity index (χ4n) is 0.983. The van der Waals surface area contributed by atoms with Crippen LogP contribution in [0.3, 0.4) is 0 Å². The molecule has 0 amide bonds. The molecular weight excluding hydrogens is 204 g/mol. The van der Waals surface area contributed by atoms with Gasteiger partial charge in [-0.15, -0.1) is 11.3 Å². The van der Waals surface area contributed by atoms with E-state index in [1.165, 1.54) is 11.3 Å². The first-order valence-corrected chi connectivity index (χ1v) is 4.97. The summed E-state index contributed by atoms with van der Waals surface area (Å²) in [5.74, 6) is -0.898. The summed E-state index contributed by atoms with van der Waals surface area (Å²) in [6, 6.07) is -0.683. The molecule has 0 saturated carbocycles. The van der Waals surface area contributed by atoms with Gasteiger partial charge in [0.25, 0.3) is 0 Å². The van der Waals surface area contributed by atoms with Crippen molar-refractivity contribution >= 4 is 17.3 Å². The molecule has 0 saturated heterocycles. The maximum absolute atomic E-state index is 10.9. The fraction of sp³-hybridized carbons (Fsp3) is 0.500. The van der Waals surface area contributed by atoms with Crippen molar-refractivity contribution in [2.45, 2.75) is 6.04 Å². The molecule has 2 N–H and O–H groups in total. The summed E-state index contributed by atoms with van der Waals surface area (Å²) in [4.78, 5) is 15.4. The topological polar surface area (TPSA) is 71.5 Å². The number of carbonyl (C=O) groups is 1. The van der Waals surface area contributed by atoms with E-state index in [1.807, 2.05) is 0 Å². The van der Waals surface area contributed by atoms with E-state index < -0.39 is 12.0 Å². The molecule has 0 aromatic carbocycles. The second-order valence-electron chi connectivity index (χ2n) is 2.62. The highest BCUT2D eigenvalue weighted by atomic mass is 32.1. The van der Waals surface area contributed by atoms with E-state index in [2.05, 4.69) is 10.3 Å². The summed E-state index contributed by atoms with van der Waals surface area (Å²) < 4.78 is 4.82. The first-order chi connectivity index (χ1) is 6.75. The van der Waals surface area contributed by atoms with E-state index in [-0.39, 0.29) is 0 Å². The molecule has 1 unspecified atom stereocenters. The number of aliphatic carboxylic acids is 1. The number of carboxylic acids is 1. The van der Waals surface area contributed by atoms with Gasteiger partial charge in [-0.1, -0.05) is 0 Å². The number of ether oxygens (including phenoxy) is 1. The third kappa shape index (κ3) is 3.06. The smallest absolute Gasteiger partial charge is 0.326 e. The van der Waals surface area contributed by atoms with Crippen LogP contribution in [-0.4, -0.2) is 36.3 Å². The molecule has 6 heteroatoms. The van der Waals surface area contributed by atoms with Gasteiger partial charge in [-0.25, -0.2) is 0 Å². The molecule has 78 valence electrons. The van der Waals surface area contributed by atoms with Crippen LogP contribution in [0.15, 0.2) is 11.7 Å². The first kappa shape index (κ1) is 11.1. The predicted molar refractivity (Wildman–Crippen MR) is 52.4 cm³/mol. The number of hydrogen-bond donors (Lipinski definition) is 2. The van der Waals surface area contributed by atoms with Crippen LogP contribution in [0.2, 0.25) is 0 Å². The van der Waals surface area contributed by atoms with Crippen LogP contribution < -0.4 is 5.32 Å². The van der Waals surface area contributed by atoms with Crippen LogP contribution in [0.25, 0.3) is 0 Å². The Morgan fingerprint density at radius 3 is 3.14 bits per heavy atom. The van der Waals surface area contributed by atoms with Gasteiger partial charge in [0.15, 0.2) is 0 Å². The Kier molecular flexibility index (Phi) is 4.51. The van der Waals surface area contributed by atoms with Crippen LogP contribution >= 0.6 is 11.3 Å². The van der Waals surface area contributed by atoms with Crippen molar-refractivity contribution in [1.82, 2.24) is 10.3 Å². The molecule has 1 heterocycles. The lowest BCUT2D eigenvalue weighted by molar-refractivity contribution is -0.139. The zero-order chi connectivity index (χ0) is 10.4. The quantitative estimate of drug-likeness (QED) is 0.678. The predicted octanol–water partition coefficient (Wildman–Crippen LogP) is 0.505. The molecule has 14 heavy (non-hydrogen) atoms. The molecule has 5 nitrogen and oxygen atoms in total. The second kappa shape index (κ2) is 5.69. The van der Waals surface area contributed by atoms with Crippen molar-refractivity contribution in [2.75, 3.05) is 20.3 Å². The van der Waals surface area contributed by atoms with E-state index in [1.54, 1.807) is 18.8 Å². The van der Waals surface area contributed by atoms with Crippen LogP contribution in [0.5, 0.6) is 0 Å². The van der Waals surface area contributed by atoms with Crippen molar-refractivity contribution < 1.29 is 14.6 Å². The normalized spacial score (nSPS) is 12.6. The lowest BCUT2D eigenvalue weighted by Gasteiger charge is -2.11. The van der Waals surface area contributed by atoms with E-state index in [9.17, 15) is 4.79 Å². The van der Waals surface area contributed by atoms with Crippen molar-refractivity contribution in [3.05, 3.63) is 16.6 Å². The summed E-state index contributed by atoms with van der Waals surface area (Å²) >= 11 is 1.32. The summed E-state index contributed by atoms with van der Waals surface area (Å²) in [5, 5.41) is 11.8. The highest BCUT2D eigenvalue weighted by molar-refractivity contribution is 7.09. The Bertz CT molecular complexity index is 276. The monoisotopic (exact) mass is 216 g/mol. The third-order valence-electron chi connectivity index (χ3n) is 1.64. The number of nitrogens with one attached hydrogen (secondary N) is 1.